The van der Waals surface area contributed by atoms with Crippen LogP contribution in [0.1, 0.15) is 20.1 Å². The molecule has 1 fully saturated rings. The highest BCUT2D eigenvalue weighted by Crippen LogP contribution is 2.17. The van der Waals surface area contributed by atoms with Gasteiger partial charge in [-0.15, -0.1) is 11.3 Å². The van der Waals surface area contributed by atoms with Gasteiger partial charge in [-0.1, -0.05) is 30.0 Å². The number of thiophene rings is 1. The van der Waals surface area contributed by atoms with Gasteiger partial charge in [0.05, 0.1) is 16.3 Å². The van der Waals surface area contributed by atoms with E-state index in [1.54, 1.807) is 0 Å². The minimum atomic E-state index is 0.201. The van der Waals surface area contributed by atoms with Crippen LogP contribution in [0.4, 0.5) is 0 Å². The van der Waals surface area contributed by atoms with E-state index >= 15 is 0 Å². The molecular weight excluding hydrogens is 304 g/mol. The van der Waals surface area contributed by atoms with Gasteiger partial charge in [-0.05, 0) is 31.3 Å². The summed E-state index contributed by atoms with van der Waals surface area (Å²) in [6.07, 6.45) is 0. The summed E-state index contributed by atoms with van der Waals surface area (Å²) in [5, 5.41) is 0. The first kappa shape index (κ1) is 15.9. The van der Waals surface area contributed by atoms with Crippen molar-refractivity contribution < 1.29 is 4.79 Å². The van der Waals surface area contributed by atoms with E-state index in [-0.39, 0.29) is 5.78 Å². The van der Waals surface area contributed by atoms with Gasteiger partial charge in [0.25, 0.3) is 0 Å². The number of rotatable bonds is 3. The highest BCUT2D eigenvalue weighted by Gasteiger charge is 2.18. The van der Waals surface area contributed by atoms with Crippen molar-refractivity contribution in [1.29, 1.82) is 0 Å². The molecule has 0 bridgehead atoms. The van der Waals surface area contributed by atoms with Gasteiger partial charge in [0, 0.05) is 31.7 Å². The van der Waals surface area contributed by atoms with Crippen LogP contribution in [-0.2, 0) is 0 Å². The molecule has 1 aromatic heterocycles. The van der Waals surface area contributed by atoms with E-state index in [1.165, 1.54) is 11.3 Å². The third-order valence-electron chi connectivity index (χ3n) is 3.95. The number of carbonyl (C=O) groups is 1. The third kappa shape index (κ3) is 4.52. The van der Waals surface area contributed by atoms with Gasteiger partial charge in [0.2, 0.25) is 0 Å². The van der Waals surface area contributed by atoms with Crippen LogP contribution in [0.15, 0.2) is 42.5 Å². The summed E-state index contributed by atoms with van der Waals surface area (Å²) in [4.78, 5) is 18.7. The molecule has 0 atom stereocenters. The molecule has 0 spiro atoms. The molecule has 0 radical (unpaired) electrons. The van der Waals surface area contributed by atoms with Crippen molar-refractivity contribution >= 4 is 17.1 Å². The van der Waals surface area contributed by atoms with Gasteiger partial charge in [0.15, 0.2) is 5.78 Å². The van der Waals surface area contributed by atoms with Crippen LogP contribution in [0.3, 0.4) is 0 Å². The Hall–Kier alpha value is -1.93. The average molecular weight is 324 g/mol. The number of piperazine rings is 1. The van der Waals surface area contributed by atoms with E-state index in [0.29, 0.717) is 6.54 Å². The minimum absolute atomic E-state index is 0.201. The molecule has 0 aliphatic carbocycles. The zero-order valence-electron chi connectivity index (χ0n) is 13.3. The molecule has 3 rings (SSSR count). The number of benzene rings is 1. The molecule has 1 saturated heterocycles. The lowest BCUT2D eigenvalue weighted by atomic mass is 10.2. The molecule has 0 unspecified atom stereocenters. The highest BCUT2D eigenvalue weighted by atomic mass is 32.1. The summed E-state index contributed by atoms with van der Waals surface area (Å²) in [5.74, 6) is 6.48. The van der Waals surface area contributed by atoms with Gasteiger partial charge in [-0.25, -0.2) is 0 Å². The number of nitrogens with zero attached hydrogens (tertiary/aromatic N) is 2. The molecular formula is C19H20N2OS. The monoisotopic (exact) mass is 324 g/mol. The van der Waals surface area contributed by atoms with E-state index < -0.39 is 0 Å². The molecule has 0 N–H and O–H groups in total. The van der Waals surface area contributed by atoms with Crippen molar-refractivity contribution in [2.75, 3.05) is 39.8 Å². The number of likely N-dealkylation sites (N-methyl/N-ethyl adjacent to an activating group) is 1. The predicted molar refractivity (Wildman–Crippen MR) is 95.0 cm³/mol. The highest BCUT2D eigenvalue weighted by molar-refractivity contribution is 7.14. The van der Waals surface area contributed by atoms with E-state index in [4.69, 9.17) is 0 Å². The van der Waals surface area contributed by atoms with Crippen molar-refractivity contribution in [2.24, 2.45) is 0 Å². The lowest BCUT2D eigenvalue weighted by Gasteiger charge is -2.31. The smallest absolute Gasteiger partial charge is 0.186 e. The van der Waals surface area contributed by atoms with Crippen molar-refractivity contribution in [3.05, 3.63) is 57.8 Å². The largest absolute Gasteiger partial charge is 0.304 e. The lowest BCUT2D eigenvalue weighted by Crippen LogP contribution is -2.46. The zero-order chi connectivity index (χ0) is 16.1. The summed E-state index contributed by atoms with van der Waals surface area (Å²) < 4.78 is 0. The topological polar surface area (TPSA) is 23.6 Å². The first-order chi connectivity index (χ1) is 11.2. The maximum Gasteiger partial charge on any atom is 0.186 e. The lowest BCUT2D eigenvalue weighted by molar-refractivity contribution is 0.0880. The van der Waals surface area contributed by atoms with Crippen LogP contribution in [0.25, 0.3) is 0 Å². The molecule has 23 heavy (non-hydrogen) atoms. The minimum Gasteiger partial charge on any atom is -0.304 e. The maximum absolute atomic E-state index is 12.4. The molecule has 2 heterocycles. The van der Waals surface area contributed by atoms with Crippen LogP contribution < -0.4 is 0 Å². The normalized spacial score (nSPS) is 15.9. The molecule has 1 aromatic carbocycles. The molecule has 118 valence electrons. The summed E-state index contributed by atoms with van der Waals surface area (Å²) in [6, 6.07) is 13.7. The molecule has 4 heteroatoms. The van der Waals surface area contributed by atoms with Crippen molar-refractivity contribution in [3.8, 4) is 11.8 Å². The number of Topliss-reactive ketones (excluding diaryl/α,β-unsaturated/α-hetero) is 1. The summed E-state index contributed by atoms with van der Waals surface area (Å²) in [5.41, 5.74) is 0.992. The molecule has 3 nitrogen and oxygen atoms in total. The van der Waals surface area contributed by atoms with Gasteiger partial charge < -0.3 is 4.90 Å². The fourth-order valence-corrected chi connectivity index (χ4v) is 3.29. The first-order valence-electron chi connectivity index (χ1n) is 7.82. The second kappa shape index (κ2) is 7.56. The summed E-state index contributed by atoms with van der Waals surface area (Å²) in [7, 11) is 2.12. The second-order valence-corrected chi connectivity index (χ2v) is 6.87. The molecule has 2 aromatic rings. The van der Waals surface area contributed by atoms with E-state index in [2.05, 4.69) is 28.7 Å². The number of carbonyl (C=O) groups excluding carboxylic acids is 1. The first-order valence-corrected chi connectivity index (χ1v) is 8.63. The Labute approximate surface area is 141 Å². The zero-order valence-corrected chi connectivity index (χ0v) is 14.1. The number of hydrogen-bond acceptors (Lipinski definition) is 4. The van der Waals surface area contributed by atoms with Gasteiger partial charge in [-0.2, -0.15) is 0 Å². The van der Waals surface area contributed by atoms with Crippen LogP contribution in [0.2, 0.25) is 0 Å². The SMILES string of the molecule is CN1CCN(CC(=O)c2ccc(C#Cc3ccccc3)s2)CC1. The van der Waals surface area contributed by atoms with Crippen molar-refractivity contribution in [3.63, 3.8) is 0 Å². The Bertz CT molecular complexity index is 719. The third-order valence-corrected chi connectivity index (χ3v) is 4.99. The van der Waals surface area contributed by atoms with Crippen molar-refractivity contribution in [1.82, 2.24) is 9.80 Å². The van der Waals surface area contributed by atoms with Crippen LogP contribution >= 0.6 is 11.3 Å². The maximum atomic E-state index is 12.4. The second-order valence-electron chi connectivity index (χ2n) is 5.78. The Morgan fingerprint density at radius 1 is 1.04 bits per heavy atom. The Balaban J connectivity index is 1.60. The van der Waals surface area contributed by atoms with Crippen molar-refractivity contribution in [2.45, 2.75) is 0 Å². The van der Waals surface area contributed by atoms with Crippen LogP contribution in [0.5, 0.6) is 0 Å². The molecule has 1 aliphatic rings. The standard InChI is InChI=1S/C19H20N2OS/c1-20-11-13-21(14-12-20)15-18(22)19-10-9-17(23-19)8-7-16-5-3-2-4-6-16/h2-6,9-10H,11-15H2,1H3. The number of hydrogen-bond donors (Lipinski definition) is 0. The number of ketones is 1. The summed E-state index contributed by atoms with van der Waals surface area (Å²) in [6.45, 7) is 4.51. The summed E-state index contributed by atoms with van der Waals surface area (Å²) >= 11 is 1.49. The van der Waals surface area contributed by atoms with Gasteiger partial charge in [0.1, 0.15) is 0 Å². The predicted octanol–water partition coefficient (Wildman–Crippen LogP) is 2.58. The Morgan fingerprint density at radius 3 is 2.52 bits per heavy atom. The fourth-order valence-electron chi connectivity index (χ4n) is 2.50. The quantitative estimate of drug-likeness (QED) is 0.640. The van der Waals surface area contributed by atoms with E-state index in [9.17, 15) is 4.79 Å². The Morgan fingerprint density at radius 2 is 1.78 bits per heavy atom. The van der Waals surface area contributed by atoms with Crippen LogP contribution in [-0.4, -0.2) is 55.4 Å². The Kier molecular flexibility index (Phi) is 5.24. The fraction of sp³-hybridized carbons (Fsp3) is 0.316. The molecule has 1 aliphatic heterocycles. The van der Waals surface area contributed by atoms with Gasteiger partial charge in [-0.3, -0.25) is 9.69 Å². The van der Waals surface area contributed by atoms with Gasteiger partial charge >= 0.3 is 0 Å². The van der Waals surface area contributed by atoms with E-state index in [1.807, 2.05) is 42.5 Å². The molecule has 0 amide bonds. The van der Waals surface area contributed by atoms with E-state index in [0.717, 1.165) is 41.5 Å². The van der Waals surface area contributed by atoms with Crippen LogP contribution in [0, 0.1) is 11.8 Å². The molecule has 0 saturated carbocycles. The average Bonchev–Trinajstić information content (AvgIpc) is 3.05.